The van der Waals surface area contributed by atoms with E-state index in [0.717, 1.165) is 11.1 Å². The van der Waals surface area contributed by atoms with Crippen LogP contribution in [0.1, 0.15) is 11.1 Å². The number of aryl methyl sites for hydroxylation is 1. The van der Waals surface area contributed by atoms with Gasteiger partial charge in [0.1, 0.15) is 0 Å². The Hall–Kier alpha value is -1.59. The first-order valence-electron chi connectivity index (χ1n) is 6.01. The number of anilines is 1. The Morgan fingerprint density at radius 2 is 2.05 bits per heavy atom. The first-order chi connectivity index (χ1) is 9.38. The van der Waals surface area contributed by atoms with Crippen molar-refractivity contribution in [3.63, 3.8) is 0 Å². The van der Waals surface area contributed by atoms with Gasteiger partial charge in [0, 0.05) is 25.2 Å². The monoisotopic (exact) mass is 310 g/mol. The molecule has 1 aromatic heterocycles. The van der Waals surface area contributed by atoms with E-state index >= 15 is 0 Å². The summed E-state index contributed by atoms with van der Waals surface area (Å²) in [6.45, 7) is 2.53. The van der Waals surface area contributed by atoms with E-state index in [0.29, 0.717) is 17.3 Å². The molecule has 0 amide bonds. The summed E-state index contributed by atoms with van der Waals surface area (Å²) >= 11 is 6.08. The molecular weight excluding hydrogens is 296 g/mol. The van der Waals surface area contributed by atoms with Gasteiger partial charge in [-0.05, 0) is 42.3 Å². The fraction of sp³-hybridized carbons (Fsp3) is 0.214. The Morgan fingerprint density at radius 3 is 2.70 bits per heavy atom. The van der Waals surface area contributed by atoms with E-state index in [-0.39, 0.29) is 4.90 Å². The maximum atomic E-state index is 11.5. The largest absolute Gasteiger partial charge is 0.380 e. The van der Waals surface area contributed by atoms with Crippen LogP contribution in [0.15, 0.2) is 41.6 Å². The molecule has 1 N–H and O–H groups in total. The molecule has 0 spiro atoms. The van der Waals surface area contributed by atoms with E-state index in [1.807, 2.05) is 13.0 Å². The van der Waals surface area contributed by atoms with E-state index in [2.05, 4.69) is 10.3 Å². The SMILES string of the molecule is Cc1ccncc1CNc1cc(S(C)(=O)=O)ccc1Cl. The van der Waals surface area contributed by atoms with E-state index in [4.69, 9.17) is 11.6 Å². The van der Waals surface area contributed by atoms with Crippen LogP contribution in [-0.4, -0.2) is 19.7 Å². The Balaban J connectivity index is 2.24. The number of hydrogen-bond donors (Lipinski definition) is 1. The van der Waals surface area contributed by atoms with Crippen molar-refractivity contribution in [2.45, 2.75) is 18.4 Å². The van der Waals surface area contributed by atoms with Gasteiger partial charge in [0.05, 0.1) is 15.6 Å². The molecule has 0 fully saturated rings. The Labute approximate surface area is 123 Å². The lowest BCUT2D eigenvalue weighted by atomic mass is 10.1. The third kappa shape index (κ3) is 3.49. The molecule has 0 unspecified atom stereocenters. The summed E-state index contributed by atoms with van der Waals surface area (Å²) in [5, 5.41) is 3.63. The summed E-state index contributed by atoms with van der Waals surface area (Å²) in [5.41, 5.74) is 2.74. The molecule has 2 aromatic rings. The summed E-state index contributed by atoms with van der Waals surface area (Å²) in [7, 11) is -3.24. The molecule has 106 valence electrons. The minimum atomic E-state index is -3.24. The van der Waals surface area contributed by atoms with Crippen LogP contribution >= 0.6 is 11.6 Å². The quantitative estimate of drug-likeness (QED) is 0.943. The first kappa shape index (κ1) is 14.8. The van der Waals surface area contributed by atoms with Crippen LogP contribution in [0.2, 0.25) is 5.02 Å². The van der Waals surface area contributed by atoms with Gasteiger partial charge in [0.2, 0.25) is 0 Å². The predicted octanol–water partition coefficient (Wildman–Crippen LogP) is 3.06. The van der Waals surface area contributed by atoms with Crippen LogP contribution in [0.3, 0.4) is 0 Å². The summed E-state index contributed by atoms with van der Waals surface area (Å²) in [5.74, 6) is 0. The molecule has 0 saturated heterocycles. The minimum absolute atomic E-state index is 0.243. The van der Waals surface area contributed by atoms with Crippen molar-refractivity contribution in [2.75, 3.05) is 11.6 Å². The lowest BCUT2D eigenvalue weighted by Crippen LogP contribution is -2.04. The molecule has 6 heteroatoms. The van der Waals surface area contributed by atoms with Crippen LogP contribution in [0.4, 0.5) is 5.69 Å². The lowest BCUT2D eigenvalue weighted by molar-refractivity contribution is 0.602. The van der Waals surface area contributed by atoms with Crippen LogP contribution in [0, 0.1) is 6.92 Å². The number of pyridine rings is 1. The number of sulfone groups is 1. The van der Waals surface area contributed by atoms with Crippen LogP contribution in [0.25, 0.3) is 0 Å². The first-order valence-corrected chi connectivity index (χ1v) is 8.28. The average molecular weight is 311 g/mol. The summed E-state index contributed by atoms with van der Waals surface area (Å²) < 4.78 is 23.1. The number of rotatable bonds is 4. The molecule has 0 bridgehead atoms. The van der Waals surface area contributed by atoms with Gasteiger partial charge in [-0.15, -0.1) is 0 Å². The molecule has 0 radical (unpaired) electrons. The van der Waals surface area contributed by atoms with Crippen molar-refractivity contribution in [1.29, 1.82) is 0 Å². The van der Waals surface area contributed by atoms with Gasteiger partial charge in [-0.3, -0.25) is 4.98 Å². The third-order valence-corrected chi connectivity index (χ3v) is 4.42. The van der Waals surface area contributed by atoms with E-state index in [1.165, 1.54) is 12.3 Å². The van der Waals surface area contributed by atoms with Gasteiger partial charge in [0.15, 0.2) is 9.84 Å². The number of aromatic nitrogens is 1. The smallest absolute Gasteiger partial charge is 0.175 e. The summed E-state index contributed by atoms with van der Waals surface area (Å²) in [6, 6.07) is 6.55. The third-order valence-electron chi connectivity index (χ3n) is 2.98. The topological polar surface area (TPSA) is 59.1 Å². The van der Waals surface area contributed by atoms with Gasteiger partial charge in [0.25, 0.3) is 0 Å². The highest BCUT2D eigenvalue weighted by molar-refractivity contribution is 7.90. The fourth-order valence-electron chi connectivity index (χ4n) is 1.74. The molecule has 0 aliphatic rings. The van der Waals surface area contributed by atoms with Crippen molar-refractivity contribution >= 4 is 27.1 Å². The van der Waals surface area contributed by atoms with Crippen molar-refractivity contribution in [3.05, 3.63) is 52.8 Å². The number of halogens is 1. The maximum absolute atomic E-state index is 11.5. The van der Waals surface area contributed by atoms with E-state index in [9.17, 15) is 8.42 Å². The Morgan fingerprint density at radius 1 is 1.30 bits per heavy atom. The highest BCUT2D eigenvalue weighted by Crippen LogP contribution is 2.26. The number of hydrogen-bond acceptors (Lipinski definition) is 4. The predicted molar refractivity (Wildman–Crippen MR) is 80.9 cm³/mol. The van der Waals surface area contributed by atoms with Crippen LogP contribution in [-0.2, 0) is 16.4 Å². The fourth-order valence-corrected chi connectivity index (χ4v) is 2.57. The van der Waals surface area contributed by atoms with Crippen molar-refractivity contribution in [2.24, 2.45) is 0 Å². The second kappa shape index (κ2) is 5.81. The molecular formula is C14H15ClN2O2S. The van der Waals surface area contributed by atoms with Crippen molar-refractivity contribution in [3.8, 4) is 0 Å². The summed E-state index contributed by atoms with van der Waals surface area (Å²) in [6.07, 6.45) is 4.68. The molecule has 0 atom stereocenters. The standard InChI is InChI=1S/C14H15ClN2O2S/c1-10-5-6-16-8-11(10)9-17-14-7-12(20(2,18)19)3-4-13(14)15/h3-8,17H,9H2,1-2H3. The van der Waals surface area contributed by atoms with E-state index in [1.54, 1.807) is 24.5 Å². The highest BCUT2D eigenvalue weighted by atomic mass is 35.5. The lowest BCUT2D eigenvalue weighted by Gasteiger charge is -2.11. The second-order valence-electron chi connectivity index (χ2n) is 4.57. The van der Waals surface area contributed by atoms with Crippen LogP contribution in [0.5, 0.6) is 0 Å². The Bertz CT molecular complexity index is 730. The number of nitrogens with zero attached hydrogens (tertiary/aromatic N) is 1. The van der Waals surface area contributed by atoms with E-state index < -0.39 is 9.84 Å². The zero-order valence-corrected chi connectivity index (χ0v) is 12.8. The maximum Gasteiger partial charge on any atom is 0.175 e. The zero-order chi connectivity index (χ0) is 14.8. The van der Waals surface area contributed by atoms with Gasteiger partial charge < -0.3 is 5.32 Å². The number of benzene rings is 1. The number of nitrogens with one attached hydrogen (secondary N) is 1. The zero-order valence-electron chi connectivity index (χ0n) is 11.2. The molecule has 0 aliphatic heterocycles. The molecule has 1 aromatic carbocycles. The van der Waals surface area contributed by atoms with Crippen molar-refractivity contribution < 1.29 is 8.42 Å². The van der Waals surface area contributed by atoms with Gasteiger partial charge in [-0.25, -0.2) is 8.42 Å². The average Bonchev–Trinajstić information content (AvgIpc) is 2.38. The van der Waals surface area contributed by atoms with Gasteiger partial charge in [-0.1, -0.05) is 11.6 Å². The summed E-state index contributed by atoms with van der Waals surface area (Å²) in [4.78, 5) is 4.31. The second-order valence-corrected chi connectivity index (χ2v) is 6.99. The molecule has 1 heterocycles. The van der Waals surface area contributed by atoms with Crippen LogP contribution < -0.4 is 5.32 Å². The van der Waals surface area contributed by atoms with Crippen molar-refractivity contribution in [1.82, 2.24) is 4.98 Å². The Kier molecular flexibility index (Phi) is 4.30. The van der Waals surface area contributed by atoms with Gasteiger partial charge in [-0.2, -0.15) is 0 Å². The molecule has 0 aliphatic carbocycles. The molecule has 2 rings (SSSR count). The molecule has 20 heavy (non-hydrogen) atoms. The molecule has 0 saturated carbocycles. The van der Waals surface area contributed by atoms with Gasteiger partial charge >= 0.3 is 0 Å². The molecule has 4 nitrogen and oxygen atoms in total. The normalized spacial score (nSPS) is 11.3. The minimum Gasteiger partial charge on any atom is -0.380 e. The highest BCUT2D eigenvalue weighted by Gasteiger charge is 2.10.